The lowest BCUT2D eigenvalue weighted by Crippen LogP contribution is -1.95. The fourth-order valence-electron chi connectivity index (χ4n) is 15.5. The molecule has 15 aromatic carbocycles. The van der Waals surface area contributed by atoms with Gasteiger partial charge >= 0.3 is 0 Å². The van der Waals surface area contributed by atoms with Gasteiger partial charge in [-0.15, -0.1) is 22.7 Å². The van der Waals surface area contributed by atoms with Gasteiger partial charge in [-0.05, 0) is 215 Å². The van der Waals surface area contributed by atoms with Crippen LogP contribution in [-0.4, -0.2) is 9.13 Å². The van der Waals surface area contributed by atoms with Crippen LogP contribution in [-0.2, 0) is 0 Å². The second kappa shape index (κ2) is 24.3. The summed E-state index contributed by atoms with van der Waals surface area (Å²) in [5, 5.41) is 10.1. The molecule has 4 heteroatoms. The summed E-state index contributed by atoms with van der Waals surface area (Å²) in [5.74, 6) is 0. The second-order valence-corrected chi connectivity index (χ2v) is 28.1. The summed E-state index contributed by atoms with van der Waals surface area (Å²) in [7, 11) is 0. The molecular formula is C96H62N2S2. The second-order valence-electron chi connectivity index (χ2n) is 26.0. The summed E-state index contributed by atoms with van der Waals surface area (Å²) >= 11 is 3.75. The SMILES string of the molecule is C=CC=C(C=C)c1cccc(-c2cc(-c3cccc(-n4c5ccccc5c5cc(-c6ccc7c(c6)c6ccccc6n7-c6cccc(-c7cccc(-c8cccc(-c9cccc(-c%10cccc%11c%10sc%10ccccc%10%11)c9)c8)c7)c6)ccc54)c3)cc(-c3cccc4c3sc3ccccc34)c2)c1. The average molecular weight is 1310 g/mol. The van der Waals surface area contributed by atoms with E-state index >= 15 is 0 Å². The Hall–Kier alpha value is -12.4. The number of fused-ring (bicyclic) bond motifs is 12. The van der Waals surface area contributed by atoms with Crippen LogP contribution >= 0.6 is 22.7 Å². The van der Waals surface area contributed by atoms with E-state index in [1.165, 1.54) is 134 Å². The molecule has 0 aliphatic carbocycles. The first-order valence-electron chi connectivity index (χ1n) is 34.1. The highest BCUT2D eigenvalue weighted by Gasteiger charge is 2.20. The highest BCUT2D eigenvalue weighted by Crippen LogP contribution is 2.46. The van der Waals surface area contributed by atoms with E-state index in [0.29, 0.717) is 0 Å². The van der Waals surface area contributed by atoms with Gasteiger partial charge in [-0.2, -0.15) is 0 Å². The van der Waals surface area contributed by atoms with E-state index in [1.54, 1.807) is 0 Å². The smallest absolute Gasteiger partial charge is 0.0541 e. The predicted molar refractivity (Wildman–Crippen MR) is 433 cm³/mol. The molecular weight excluding hydrogens is 1250 g/mol. The first-order valence-corrected chi connectivity index (χ1v) is 35.7. The van der Waals surface area contributed by atoms with Crippen molar-refractivity contribution >= 4 is 112 Å². The Morgan fingerprint density at radius 3 is 1.10 bits per heavy atom. The molecule has 4 aromatic heterocycles. The van der Waals surface area contributed by atoms with Crippen LogP contribution < -0.4 is 0 Å². The molecule has 468 valence electrons. The molecule has 0 atom stereocenters. The van der Waals surface area contributed by atoms with Crippen LogP contribution in [0.3, 0.4) is 0 Å². The van der Waals surface area contributed by atoms with Crippen LogP contribution in [0.4, 0.5) is 0 Å². The van der Waals surface area contributed by atoms with Gasteiger partial charge in [0.1, 0.15) is 0 Å². The quantitative estimate of drug-likeness (QED) is 0.102. The Morgan fingerprint density at radius 2 is 0.600 bits per heavy atom. The maximum atomic E-state index is 4.14. The van der Waals surface area contributed by atoms with Crippen molar-refractivity contribution in [3.8, 4) is 100 Å². The van der Waals surface area contributed by atoms with Crippen LogP contribution in [0.25, 0.3) is 190 Å². The van der Waals surface area contributed by atoms with E-state index in [9.17, 15) is 0 Å². The minimum Gasteiger partial charge on any atom is -0.309 e. The fraction of sp³-hybridized carbons (Fsp3) is 0. The van der Waals surface area contributed by atoms with Crippen molar-refractivity contribution in [2.45, 2.75) is 0 Å². The summed E-state index contributed by atoms with van der Waals surface area (Å²) in [6.45, 7) is 8.13. The van der Waals surface area contributed by atoms with E-state index in [-0.39, 0.29) is 0 Å². The van der Waals surface area contributed by atoms with Crippen molar-refractivity contribution in [1.29, 1.82) is 0 Å². The van der Waals surface area contributed by atoms with Crippen LogP contribution in [0.2, 0.25) is 0 Å². The summed E-state index contributed by atoms with van der Waals surface area (Å²) in [4.78, 5) is 0. The van der Waals surface area contributed by atoms with E-state index in [1.807, 2.05) is 40.9 Å². The molecule has 19 rings (SSSR count). The maximum absolute atomic E-state index is 4.14. The third-order valence-electron chi connectivity index (χ3n) is 20.2. The lowest BCUT2D eigenvalue weighted by molar-refractivity contribution is 1.18. The highest BCUT2D eigenvalue weighted by molar-refractivity contribution is 7.26. The summed E-state index contributed by atoms with van der Waals surface area (Å²) in [6.07, 6.45) is 5.75. The van der Waals surface area contributed by atoms with Gasteiger partial charge in [0, 0.05) is 73.3 Å². The zero-order valence-electron chi connectivity index (χ0n) is 54.6. The van der Waals surface area contributed by atoms with Crippen molar-refractivity contribution in [3.63, 3.8) is 0 Å². The molecule has 0 unspecified atom stereocenters. The molecule has 19 aromatic rings. The van der Waals surface area contributed by atoms with Gasteiger partial charge < -0.3 is 9.13 Å². The number of benzene rings is 15. The molecule has 2 nitrogen and oxygen atoms in total. The van der Waals surface area contributed by atoms with Crippen LogP contribution in [0.5, 0.6) is 0 Å². The zero-order chi connectivity index (χ0) is 66.4. The van der Waals surface area contributed by atoms with Crippen LogP contribution in [0.1, 0.15) is 5.56 Å². The van der Waals surface area contributed by atoms with Gasteiger partial charge in [-0.25, -0.2) is 0 Å². The van der Waals surface area contributed by atoms with Gasteiger partial charge in [-0.1, -0.05) is 250 Å². The van der Waals surface area contributed by atoms with E-state index < -0.39 is 0 Å². The molecule has 0 amide bonds. The van der Waals surface area contributed by atoms with Crippen molar-refractivity contribution in [3.05, 3.63) is 371 Å². The van der Waals surface area contributed by atoms with Gasteiger partial charge in [0.25, 0.3) is 0 Å². The number of aromatic nitrogens is 2. The van der Waals surface area contributed by atoms with Gasteiger partial charge in [0.05, 0.1) is 22.1 Å². The summed E-state index contributed by atoms with van der Waals surface area (Å²) < 4.78 is 10.1. The zero-order valence-corrected chi connectivity index (χ0v) is 56.2. The van der Waals surface area contributed by atoms with Gasteiger partial charge in [0.2, 0.25) is 0 Å². The van der Waals surface area contributed by atoms with Gasteiger partial charge in [0.15, 0.2) is 0 Å². The standard InChI is InChI=1S/C96H62N2S2/c1-3-21-61(4-2)62-22-13-28-68(50-62)74-54-75(56-76(55-74)80-39-20-41-86-84-37-8-12-45-94(84)100-96(80)86)70-30-18-33-78(58-70)98-90-43-10-6-35-82(90)88-60-72(47-49-92(88)98)71-46-48-91-87(59-71)81-34-5-9-42-89(81)97(91)77-32-17-29-69(57-77)66-26-15-24-64(52-66)63-23-14-25-65(51-63)67-27-16-31-73(53-67)79-38-19-40-85-83-36-7-11-44-93(83)99-95(79)85/h3-60H,1-2H2. The summed E-state index contributed by atoms with van der Waals surface area (Å²) in [6, 6.07) is 124. The topological polar surface area (TPSA) is 9.86 Å². The lowest BCUT2D eigenvalue weighted by atomic mass is 9.91. The first-order chi connectivity index (χ1) is 49.4. The van der Waals surface area contributed by atoms with Crippen molar-refractivity contribution in [2.24, 2.45) is 0 Å². The van der Waals surface area contributed by atoms with E-state index in [0.717, 1.165) is 61.4 Å². The molecule has 0 radical (unpaired) electrons. The number of hydrogen-bond acceptors (Lipinski definition) is 2. The number of hydrogen-bond donors (Lipinski definition) is 0. The van der Waals surface area contributed by atoms with Crippen LogP contribution in [0.15, 0.2) is 365 Å². The number of allylic oxidation sites excluding steroid dienone is 4. The minimum absolute atomic E-state index is 1.03. The Morgan fingerprint density at radius 1 is 0.250 bits per heavy atom. The van der Waals surface area contributed by atoms with Crippen molar-refractivity contribution in [2.75, 3.05) is 0 Å². The number of thiophene rings is 2. The largest absolute Gasteiger partial charge is 0.309 e. The number of para-hydroxylation sites is 2. The summed E-state index contributed by atoms with van der Waals surface area (Å²) in [5.41, 5.74) is 28.0. The third-order valence-corrected chi connectivity index (χ3v) is 22.7. The normalized spacial score (nSPS) is 11.9. The minimum atomic E-state index is 1.03. The average Bonchev–Trinajstić information content (AvgIpc) is 1.58. The maximum Gasteiger partial charge on any atom is 0.0541 e. The lowest BCUT2D eigenvalue weighted by Gasteiger charge is -2.15. The predicted octanol–water partition coefficient (Wildman–Crippen LogP) is 27.7. The molecule has 0 fully saturated rings. The Labute approximate surface area is 588 Å². The molecule has 4 heterocycles. The Kier molecular flexibility index (Phi) is 14.3. The molecule has 100 heavy (non-hydrogen) atoms. The third kappa shape index (κ3) is 10.1. The molecule has 0 aliphatic rings. The molecule has 0 saturated carbocycles. The van der Waals surface area contributed by atoms with Gasteiger partial charge in [-0.3, -0.25) is 0 Å². The van der Waals surface area contributed by atoms with E-state index in [2.05, 4.69) is 356 Å². The highest BCUT2D eigenvalue weighted by atomic mass is 32.1. The van der Waals surface area contributed by atoms with Crippen molar-refractivity contribution in [1.82, 2.24) is 9.13 Å². The van der Waals surface area contributed by atoms with E-state index in [4.69, 9.17) is 0 Å². The number of rotatable bonds is 13. The molecule has 0 spiro atoms. The molecule has 0 N–H and O–H groups in total. The monoisotopic (exact) mass is 1310 g/mol. The molecule has 0 aliphatic heterocycles. The Balaban J connectivity index is 0.654. The fourth-order valence-corrected chi connectivity index (χ4v) is 18.0. The number of nitrogens with zero attached hydrogens (tertiary/aromatic N) is 2. The molecule has 0 bridgehead atoms. The van der Waals surface area contributed by atoms with Crippen LogP contribution in [0, 0.1) is 0 Å². The van der Waals surface area contributed by atoms with Crippen molar-refractivity contribution < 1.29 is 0 Å². The molecule has 0 saturated heterocycles. The first kappa shape index (κ1) is 58.9. The Bertz CT molecular complexity index is 6590.